The van der Waals surface area contributed by atoms with E-state index in [2.05, 4.69) is 15.5 Å². The van der Waals surface area contributed by atoms with Crippen LogP contribution in [0.2, 0.25) is 0 Å². The number of nitrogens with zero attached hydrogens (tertiary/aromatic N) is 4. The second-order valence-corrected chi connectivity index (χ2v) is 11.2. The highest BCUT2D eigenvalue weighted by molar-refractivity contribution is 5.93. The number of ether oxygens (including phenoxy) is 3. The lowest BCUT2D eigenvalue weighted by atomic mass is 9.93. The average Bonchev–Trinajstić information content (AvgIpc) is 3.64. The summed E-state index contributed by atoms with van der Waals surface area (Å²) < 4.78 is 38.4. The minimum absolute atomic E-state index is 0.164. The molecule has 2 saturated heterocycles. The Hall–Kier alpha value is -4.28. The van der Waals surface area contributed by atoms with Gasteiger partial charge in [-0.1, -0.05) is 6.07 Å². The van der Waals surface area contributed by atoms with Crippen molar-refractivity contribution in [1.29, 1.82) is 0 Å². The molecule has 7 rings (SSSR count). The van der Waals surface area contributed by atoms with Gasteiger partial charge in [-0.25, -0.2) is 19.2 Å². The number of rotatable bonds is 9. The third-order valence-electron chi connectivity index (χ3n) is 8.56. The maximum Gasteiger partial charge on any atom is 0.337 e. The number of furan rings is 1. The first-order valence-corrected chi connectivity index (χ1v) is 14.7. The molecular formula is C33H33FN4O5. The minimum atomic E-state index is -0.355. The highest BCUT2D eigenvalue weighted by Gasteiger charge is 2.26. The van der Waals surface area contributed by atoms with E-state index in [1.807, 2.05) is 24.3 Å². The fourth-order valence-electron chi connectivity index (χ4n) is 6.05. The molecule has 9 nitrogen and oxygen atoms in total. The Kier molecular flexibility index (Phi) is 7.54. The van der Waals surface area contributed by atoms with Gasteiger partial charge in [0.1, 0.15) is 23.8 Å². The maximum atomic E-state index is 14.0. The van der Waals surface area contributed by atoms with E-state index in [0.29, 0.717) is 34.9 Å². The van der Waals surface area contributed by atoms with Gasteiger partial charge in [0.25, 0.3) is 0 Å². The zero-order chi connectivity index (χ0) is 29.3. The van der Waals surface area contributed by atoms with Crippen molar-refractivity contribution >= 4 is 28.0 Å². The number of hydrogen-bond donors (Lipinski definition) is 0. The highest BCUT2D eigenvalue weighted by Crippen LogP contribution is 2.30. The van der Waals surface area contributed by atoms with Crippen LogP contribution in [0.25, 0.3) is 22.0 Å². The molecule has 0 radical (unpaired) electrons. The normalized spacial score (nSPS) is 17.8. The van der Waals surface area contributed by atoms with E-state index in [4.69, 9.17) is 28.6 Å². The molecule has 222 valence electrons. The van der Waals surface area contributed by atoms with E-state index in [1.165, 1.54) is 19.4 Å². The number of fused-ring (bicyclic) bond motifs is 2. The third kappa shape index (κ3) is 5.60. The van der Waals surface area contributed by atoms with Gasteiger partial charge >= 0.3 is 5.97 Å². The Bertz CT molecular complexity index is 1770. The van der Waals surface area contributed by atoms with E-state index in [1.54, 1.807) is 18.2 Å². The minimum Gasteiger partial charge on any atom is -0.473 e. The fourth-order valence-corrected chi connectivity index (χ4v) is 6.05. The molecule has 10 heteroatoms. The standard InChI is InChI=1S/C33H33FN4O5/c1-40-33(39)22-6-8-28-29(17-22)38(18-24-11-15-41-24)30(35-28)19-37-13-9-21(10-14-37)27-3-2-4-31(36-27)43-20-23-5-7-26(34)25-12-16-42-32(23)25/h2-8,12,16-17,21,24H,9-11,13-15,18-20H2,1H3/t24-/m0/s1. The smallest absolute Gasteiger partial charge is 0.337 e. The van der Waals surface area contributed by atoms with Gasteiger partial charge in [-0.15, -0.1) is 0 Å². The molecule has 1 atom stereocenters. The van der Waals surface area contributed by atoms with Gasteiger partial charge in [0.15, 0.2) is 0 Å². The van der Waals surface area contributed by atoms with E-state index in [0.717, 1.165) is 73.6 Å². The lowest BCUT2D eigenvalue weighted by Crippen LogP contribution is -2.35. The summed E-state index contributed by atoms with van der Waals surface area (Å²) in [5, 5.41) is 0.451. The zero-order valence-electron chi connectivity index (χ0n) is 24.0. The molecule has 0 spiro atoms. The van der Waals surface area contributed by atoms with Crippen LogP contribution >= 0.6 is 0 Å². The van der Waals surface area contributed by atoms with Crippen molar-refractivity contribution in [3.05, 3.63) is 89.3 Å². The van der Waals surface area contributed by atoms with Crippen LogP contribution in [-0.4, -0.2) is 58.3 Å². The monoisotopic (exact) mass is 584 g/mol. The Labute approximate surface area is 248 Å². The first-order valence-electron chi connectivity index (χ1n) is 14.7. The summed E-state index contributed by atoms with van der Waals surface area (Å²) >= 11 is 0. The first-order chi connectivity index (χ1) is 21.1. The zero-order valence-corrected chi connectivity index (χ0v) is 24.0. The van der Waals surface area contributed by atoms with Crippen molar-refractivity contribution in [2.45, 2.75) is 51.0 Å². The van der Waals surface area contributed by atoms with Crippen LogP contribution in [0, 0.1) is 5.82 Å². The van der Waals surface area contributed by atoms with Crippen LogP contribution in [0.5, 0.6) is 5.88 Å². The number of likely N-dealkylation sites (tertiary alicyclic amines) is 1. The Morgan fingerprint density at radius 1 is 1.07 bits per heavy atom. The van der Waals surface area contributed by atoms with Crippen LogP contribution in [-0.2, 0) is 29.2 Å². The molecule has 0 bridgehead atoms. The van der Waals surface area contributed by atoms with Crippen LogP contribution < -0.4 is 4.74 Å². The summed E-state index contributed by atoms with van der Waals surface area (Å²) in [5.41, 5.74) is 4.61. The van der Waals surface area contributed by atoms with E-state index in [-0.39, 0.29) is 24.5 Å². The number of hydrogen-bond acceptors (Lipinski definition) is 8. The molecule has 2 aromatic carbocycles. The third-order valence-corrected chi connectivity index (χ3v) is 8.56. The molecule has 0 amide bonds. The van der Waals surface area contributed by atoms with Gasteiger partial charge in [0.05, 0.1) is 54.5 Å². The molecule has 0 N–H and O–H groups in total. The van der Waals surface area contributed by atoms with Gasteiger partial charge in [-0.3, -0.25) is 4.90 Å². The Balaban J connectivity index is 1.01. The molecule has 3 aromatic heterocycles. The maximum absolute atomic E-state index is 14.0. The predicted octanol–water partition coefficient (Wildman–Crippen LogP) is 5.85. The number of piperidine rings is 1. The number of pyridine rings is 1. The predicted molar refractivity (Wildman–Crippen MR) is 157 cm³/mol. The summed E-state index contributed by atoms with van der Waals surface area (Å²) in [6, 6.07) is 16.2. The molecule has 5 aromatic rings. The van der Waals surface area contributed by atoms with Crippen molar-refractivity contribution in [3.63, 3.8) is 0 Å². The quantitative estimate of drug-likeness (QED) is 0.199. The molecule has 0 aliphatic carbocycles. The molecule has 2 aliphatic heterocycles. The summed E-state index contributed by atoms with van der Waals surface area (Å²) in [4.78, 5) is 24.4. The highest BCUT2D eigenvalue weighted by atomic mass is 19.1. The Morgan fingerprint density at radius 3 is 2.72 bits per heavy atom. The Morgan fingerprint density at radius 2 is 1.93 bits per heavy atom. The van der Waals surface area contributed by atoms with Gasteiger partial charge in [-0.05, 0) is 74.8 Å². The number of esters is 1. The van der Waals surface area contributed by atoms with Gasteiger partial charge in [-0.2, -0.15) is 0 Å². The van der Waals surface area contributed by atoms with Crippen molar-refractivity contribution < 1.29 is 27.8 Å². The second-order valence-electron chi connectivity index (χ2n) is 11.2. The van der Waals surface area contributed by atoms with Gasteiger partial charge < -0.3 is 23.2 Å². The van der Waals surface area contributed by atoms with E-state index < -0.39 is 0 Å². The van der Waals surface area contributed by atoms with Gasteiger partial charge in [0.2, 0.25) is 5.88 Å². The number of benzene rings is 2. The van der Waals surface area contributed by atoms with Crippen molar-refractivity contribution in [2.24, 2.45) is 0 Å². The van der Waals surface area contributed by atoms with E-state index in [9.17, 15) is 9.18 Å². The number of carbonyl (C=O) groups is 1. The SMILES string of the molecule is COC(=O)c1ccc2nc(CN3CCC(c4cccc(OCc5ccc(F)c6ccoc56)n4)CC3)n(C[C@@H]3CCO3)c2c1. The van der Waals surface area contributed by atoms with Crippen molar-refractivity contribution in [1.82, 2.24) is 19.4 Å². The first kappa shape index (κ1) is 27.5. The number of aromatic nitrogens is 3. The summed E-state index contributed by atoms with van der Waals surface area (Å²) in [5.74, 6) is 1.18. The lowest BCUT2D eigenvalue weighted by molar-refractivity contribution is -0.0592. The number of carbonyl (C=O) groups excluding carboxylic acids is 1. The summed E-state index contributed by atoms with van der Waals surface area (Å²) in [6.45, 7) is 4.30. The fraction of sp³-hybridized carbons (Fsp3) is 0.364. The topological polar surface area (TPSA) is 91.9 Å². The number of imidazole rings is 1. The lowest BCUT2D eigenvalue weighted by Gasteiger charge is -2.32. The summed E-state index contributed by atoms with van der Waals surface area (Å²) in [6.07, 6.45) is 4.62. The molecule has 5 heterocycles. The molecule has 43 heavy (non-hydrogen) atoms. The largest absolute Gasteiger partial charge is 0.473 e. The molecule has 0 unspecified atom stereocenters. The summed E-state index contributed by atoms with van der Waals surface area (Å²) in [7, 11) is 1.39. The van der Waals surface area contributed by atoms with E-state index >= 15 is 0 Å². The van der Waals surface area contributed by atoms with Crippen LogP contribution in [0.4, 0.5) is 4.39 Å². The molecule has 2 aliphatic rings. The van der Waals surface area contributed by atoms with Crippen LogP contribution in [0.3, 0.4) is 0 Å². The molecule has 0 saturated carbocycles. The second kappa shape index (κ2) is 11.8. The number of methoxy groups -OCH3 is 1. The van der Waals surface area contributed by atoms with Crippen LogP contribution in [0.15, 0.2) is 65.3 Å². The van der Waals surface area contributed by atoms with Gasteiger partial charge in [0, 0.05) is 29.8 Å². The molecular weight excluding hydrogens is 551 g/mol. The number of halogens is 1. The molecule has 2 fully saturated rings. The average molecular weight is 585 g/mol. The van der Waals surface area contributed by atoms with Crippen molar-refractivity contribution in [3.8, 4) is 5.88 Å². The van der Waals surface area contributed by atoms with Crippen LogP contribution in [0.1, 0.15) is 52.6 Å². The van der Waals surface area contributed by atoms with Crippen molar-refractivity contribution in [2.75, 3.05) is 26.8 Å².